The summed E-state index contributed by atoms with van der Waals surface area (Å²) in [6.45, 7) is 2.19. The maximum absolute atomic E-state index is 12.6. The van der Waals surface area contributed by atoms with E-state index < -0.39 is 17.9 Å². The lowest BCUT2D eigenvalue weighted by molar-refractivity contribution is -0.142. The van der Waals surface area contributed by atoms with Crippen LogP contribution < -0.4 is 0 Å². The van der Waals surface area contributed by atoms with Crippen LogP contribution in [0.1, 0.15) is 18.1 Å². The van der Waals surface area contributed by atoms with Crippen molar-refractivity contribution in [3.63, 3.8) is 0 Å². The second kappa shape index (κ2) is 4.90. The second-order valence-corrected chi connectivity index (χ2v) is 6.80. The fourth-order valence-corrected chi connectivity index (χ4v) is 4.68. The molecule has 4 heterocycles. The zero-order chi connectivity index (χ0) is 17.3. The van der Waals surface area contributed by atoms with Gasteiger partial charge in [0, 0.05) is 6.54 Å². The van der Waals surface area contributed by atoms with Gasteiger partial charge in [-0.3, -0.25) is 14.5 Å². The quantitative estimate of drug-likeness (QED) is 0.740. The lowest BCUT2D eigenvalue weighted by atomic mass is 9.71. The van der Waals surface area contributed by atoms with Crippen LogP contribution in [0.5, 0.6) is 0 Å². The molecule has 2 amide bonds. The Morgan fingerprint density at radius 2 is 1.76 bits per heavy atom. The maximum atomic E-state index is 12.6. The third kappa shape index (κ3) is 1.70. The standard InChI is InChI=1S/C18H15N3O4/c1-2-21-17(22)10-11(18(21)23)15-16-12(14(10)24-15)13(20-25-16)9-5-3-8(7-19)4-6-9/h3-6,10-12,14-16H,2H2,1H3/t10-,11+,12+,14-,15+,16-/m1/s1. The lowest BCUT2D eigenvalue weighted by Gasteiger charge is -2.26. The van der Waals surface area contributed by atoms with E-state index in [-0.39, 0.29) is 29.9 Å². The summed E-state index contributed by atoms with van der Waals surface area (Å²) in [6.07, 6.45) is -1.14. The number of imide groups is 1. The highest BCUT2D eigenvalue weighted by Gasteiger charge is 2.71. The SMILES string of the molecule is CCN1C(=O)[C@@H]2[C@@H]3O[C@@H]([C@@H]4C(c5ccc(C#N)cc5)=NO[C@@H]34)[C@@H]2C1=O. The normalized spacial score (nSPS) is 37.6. The predicted octanol–water partition coefficient (Wildman–Crippen LogP) is 0.679. The molecular formula is C18H15N3O4. The fourth-order valence-electron chi connectivity index (χ4n) is 4.68. The molecule has 1 aromatic rings. The van der Waals surface area contributed by atoms with Crippen LogP contribution in [-0.2, 0) is 19.2 Å². The number of nitrogens with zero attached hydrogens (tertiary/aromatic N) is 3. The van der Waals surface area contributed by atoms with Crippen LogP contribution in [0.4, 0.5) is 0 Å². The minimum absolute atomic E-state index is 0.144. The molecule has 25 heavy (non-hydrogen) atoms. The van der Waals surface area contributed by atoms with Gasteiger partial charge in [-0.2, -0.15) is 5.26 Å². The summed E-state index contributed by atoms with van der Waals surface area (Å²) in [5.74, 6) is -1.35. The van der Waals surface area contributed by atoms with Crippen molar-refractivity contribution in [2.75, 3.05) is 6.54 Å². The number of ether oxygens (including phenoxy) is 1. The largest absolute Gasteiger partial charge is 0.389 e. The van der Waals surface area contributed by atoms with E-state index in [1.54, 1.807) is 19.1 Å². The molecule has 0 spiro atoms. The van der Waals surface area contributed by atoms with Gasteiger partial charge in [-0.05, 0) is 24.6 Å². The zero-order valence-corrected chi connectivity index (χ0v) is 13.5. The van der Waals surface area contributed by atoms with Crippen molar-refractivity contribution in [3.05, 3.63) is 35.4 Å². The first kappa shape index (κ1) is 14.6. The smallest absolute Gasteiger partial charge is 0.235 e. The minimum atomic E-state index is -0.450. The molecule has 3 saturated heterocycles. The molecule has 4 aliphatic rings. The molecule has 0 saturated carbocycles. The van der Waals surface area contributed by atoms with Gasteiger partial charge in [-0.1, -0.05) is 17.3 Å². The van der Waals surface area contributed by atoms with E-state index in [0.717, 1.165) is 11.3 Å². The van der Waals surface area contributed by atoms with Crippen LogP contribution in [0.15, 0.2) is 29.4 Å². The van der Waals surface area contributed by atoms with Gasteiger partial charge < -0.3 is 9.57 Å². The third-order valence-electron chi connectivity index (χ3n) is 5.76. The van der Waals surface area contributed by atoms with Crippen molar-refractivity contribution in [2.24, 2.45) is 22.9 Å². The number of rotatable bonds is 2. The number of oxime groups is 1. The molecule has 0 unspecified atom stereocenters. The highest BCUT2D eigenvalue weighted by molar-refractivity contribution is 6.09. The number of amides is 2. The molecule has 7 heteroatoms. The van der Waals surface area contributed by atoms with Gasteiger partial charge in [0.25, 0.3) is 0 Å². The van der Waals surface area contributed by atoms with Gasteiger partial charge in [0.15, 0.2) is 6.10 Å². The van der Waals surface area contributed by atoms with E-state index in [1.165, 1.54) is 4.90 Å². The Balaban J connectivity index is 1.49. The van der Waals surface area contributed by atoms with Gasteiger partial charge in [0.2, 0.25) is 11.8 Å². The summed E-state index contributed by atoms with van der Waals surface area (Å²) in [6, 6.07) is 9.19. The molecule has 0 N–H and O–H groups in total. The first-order valence-electron chi connectivity index (χ1n) is 8.40. The van der Waals surface area contributed by atoms with Crippen molar-refractivity contribution < 1.29 is 19.2 Å². The Morgan fingerprint density at radius 3 is 2.40 bits per heavy atom. The number of hydrogen-bond acceptors (Lipinski definition) is 6. The summed E-state index contributed by atoms with van der Waals surface area (Å²) >= 11 is 0. The Labute approximate surface area is 143 Å². The number of hydrogen-bond donors (Lipinski definition) is 0. The molecule has 7 nitrogen and oxygen atoms in total. The molecule has 3 fully saturated rings. The van der Waals surface area contributed by atoms with Crippen LogP contribution in [0.25, 0.3) is 0 Å². The zero-order valence-electron chi connectivity index (χ0n) is 13.5. The second-order valence-electron chi connectivity index (χ2n) is 6.80. The monoisotopic (exact) mass is 337 g/mol. The lowest BCUT2D eigenvalue weighted by Crippen LogP contribution is -2.45. The van der Waals surface area contributed by atoms with E-state index in [2.05, 4.69) is 11.2 Å². The Kier molecular flexibility index (Phi) is 2.86. The van der Waals surface area contributed by atoms with Crippen molar-refractivity contribution in [1.82, 2.24) is 4.90 Å². The summed E-state index contributed by atoms with van der Waals surface area (Å²) in [7, 11) is 0. The third-order valence-corrected chi connectivity index (χ3v) is 5.76. The van der Waals surface area contributed by atoms with Crippen LogP contribution >= 0.6 is 0 Å². The number of benzene rings is 1. The van der Waals surface area contributed by atoms with Gasteiger partial charge in [0.1, 0.15) is 6.10 Å². The number of fused-ring (bicyclic) bond motifs is 8. The van der Waals surface area contributed by atoms with Crippen LogP contribution in [-0.4, -0.2) is 47.3 Å². The summed E-state index contributed by atoms with van der Waals surface area (Å²) in [5, 5.41) is 13.2. The van der Waals surface area contributed by atoms with Crippen LogP contribution in [0, 0.1) is 29.1 Å². The summed E-state index contributed by atoms with van der Waals surface area (Å²) in [5.41, 5.74) is 2.15. The number of nitriles is 1. The Hall–Kier alpha value is -2.72. The van der Waals surface area contributed by atoms with Gasteiger partial charge in [-0.15, -0.1) is 0 Å². The molecule has 4 aliphatic heterocycles. The van der Waals surface area contributed by atoms with E-state index >= 15 is 0 Å². The van der Waals surface area contributed by atoms with Crippen LogP contribution in [0.2, 0.25) is 0 Å². The summed E-state index contributed by atoms with van der Waals surface area (Å²) in [4.78, 5) is 32.1. The molecular weight excluding hydrogens is 322 g/mol. The first-order valence-corrected chi connectivity index (χ1v) is 8.40. The molecule has 126 valence electrons. The van der Waals surface area contributed by atoms with Crippen molar-refractivity contribution in [1.29, 1.82) is 5.26 Å². The van der Waals surface area contributed by atoms with Crippen LogP contribution in [0.3, 0.4) is 0 Å². The topological polar surface area (TPSA) is 92.0 Å². The van der Waals surface area contributed by atoms with E-state index in [1.807, 2.05) is 12.1 Å². The highest BCUT2D eigenvalue weighted by atomic mass is 16.7. The fraction of sp³-hybridized carbons (Fsp3) is 0.444. The predicted molar refractivity (Wildman–Crippen MR) is 84.1 cm³/mol. The highest BCUT2D eigenvalue weighted by Crippen LogP contribution is 2.54. The molecule has 0 aliphatic carbocycles. The van der Waals surface area contributed by atoms with E-state index in [0.29, 0.717) is 12.1 Å². The molecule has 6 atom stereocenters. The number of carbonyl (C=O) groups is 2. The average Bonchev–Trinajstić information content (AvgIpc) is 3.35. The average molecular weight is 337 g/mol. The molecule has 0 aromatic heterocycles. The van der Waals surface area contributed by atoms with Crippen molar-refractivity contribution in [3.8, 4) is 6.07 Å². The van der Waals surface area contributed by atoms with Gasteiger partial charge in [0.05, 0.1) is 41.2 Å². The van der Waals surface area contributed by atoms with E-state index in [4.69, 9.17) is 14.8 Å². The first-order chi connectivity index (χ1) is 12.2. The van der Waals surface area contributed by atoms with Crippen molar-refractivity contribution >= 4 is 17.5 Å². The number of carbonyl (C=O) groups excluding carboxylic acids is 2. The summed E-state index contributed by atoms with van der Waals surface area (Å²) < 4.78 is 6.01. The number of likely N-dealkylation sites (tertiary alicyclic amines) is 1. The molecule has 0 radical (unpaired) electrons. The Bertz CT molecular complexity index is 856. The van der Waals surface area contributed by atoms with Gasteiger partial charge >= 0.3 is 0 Å². The molecule has 5 rings (SSSR count). The molecule has 1 aromatic carbocycles. The Morgan fingerprint density at radius 1 is 1.08 bits per heavy atom. The maximum Gasteiger partial charge on any atom is 0.235 e. The molecule has 2 bridgehead atoms. The van der Waals surface area contributed by atoms with Gasteiger partial charge in [-0.25, -0.2) is 0 Å². The van der Waals surface area contributed by atoms with E-state index in [9.17, 15) is 9.59 Å². The minimum Gasteiger partial charge on any atom is -0.389 e. The van der Waals surface area contributed by atoms with Crippen molar-refractivity contribution in [2.45, 2.75) is 25.2 Å².